The van der Waals surface area contributed by atoms with Crippen LogP contribution in [0.3, 0.4) is 0 Å². The topological polar surface area (TPSA) is 25.8 Å². The molecule has 217 valence electrons. The van der Waals surface area contributed by atoms with Crippen molar-refractivity contribution < 1.29 is 25.6 Å². The minimum absolute atomic E-state index is 0. The van der Waals surface area contributed by atoms with Crippen molar-refractivity contribution >= 4 is 49.2 Å². The van der Waals surface area contributed by atoms with Gasteiger partial charge in [0.05, 0.1) is 0 Å². The second-order valence-corrected chi connectivity index (χ2v) is 22.9. The summed E-state index contributed by atoms with van der Waals surface area (Å²) in [4.78, 5) is 9.06. The third kappa shape index (κ3) is 6.95. The first-order chi connectivity index (χ1) is 21.1. The fourth-order valence-corrected chi connectivity index (χ4v) is 10.2. The molecule has 0 aliphatic heterocycles. The van der Waals surface area contributed by atoms with E-state index in [9.17, 15) is 0 Å². The smallest absolute Gasteiger partial charge is 0.0316 e. The summed E-state index contributed by atoms with van der Waals surface area (Å²) in [6.07, 6.45) is -0.504. The van der Waals surface area contributed by atoms with Crippen LogP contribution in [0.5, 0.6) is 0 Å². The van der Waals surface area contributed by atoms with Crippen LogP contribution in [0.1, 0.15) is 41.0 Å². The summed E-state index contributed by atoms with van der Waals surface area (Å²) in [6, 6.07) is 28.2. The van der Waals surface area contributed by atoms with E-state index in [0.29, 0.717) is 5.69 Å². The summed E-state index contributed by atoms with van der Waals surface area (Å²) < 4.78 is 36.0. The first-order valence-corrected chi connectivity index (χ1v) is 22.0. The number of rotatable bonds is 5. The SMILES string of the molecule is Cc1cc(-c2[c-]cccc2)nc[c]1[Ge]([CH3])([CH3])[CH3].[2H]C([2H])(C)C([2H])([2H])c1ccnc(-c2[c-]cc(C)c3c2sc2cccc(C)c23)c1.[Ir]. The van der Waals surface area contributed by atoms with Gasteiger partial charge in [-0.2, -0.15) is 11.3 Å². The Balaban J connectivity index is 0.000000230. The molecule has 0 saturated heterocycles. The molecule has 0 fully saturated rings. The van der Waals surface area contributed by atoms with Gasteiger partial charge in [0.2, 0.25) is 0 Å². The number of aryl methyl sites for hydroxylation is 4. The fourth-order valence-electron chi connectivity index (χ4n) is 5.21. The Bertz CT molecular complexity index is 2000. The Morgan fingerprint density at radius 2 is 1.67 bits per heavy atom. The molecular weight excluding hydrogens is 769 g/mol. The Morgan fingerprint density at radius 1 is 0.857 bits per heavy atom. The number of hydrogen-bond acceptors (Lipinski definition) is 3. The zero-order valence-electron chi connectivity index (χ0n) is 29.1. The third-order valence-electron chi connectivity index (χ3n) is 7.17. The molecule has 6 aromatic rings. The first kappa shape index (κ1) is 27.0. The van der Waals surface area contributed by atoms with Crippen LogP contribution in [-0.4, -0.2) is 23.2 Å². The van der Waals surface area contributed by atoms with Gasteiger partial charge in [0.15, 0.2) is 0 Å². The molecule has 0 spiro atoms. The van der Waals surface area contributed by atoms with Gasteiger partial charge in [-0.1, -0.05) is 49.4 Å². The molecule has 5 heteroatoms. The zero-order valence-corrected chi connectivity index (χ0v) is 30.5. The minimum atomic E-state index is -2.12. The molecule has 0 unspecified atom stereocenters. The molecule has 0 bridgehead atoms. The van der Waals surface area contributed by atoms with E-state index in [4.69, 9.17) is 5.48 Å². The van der Waals surface area contributed by atoms with Crippen molar-refractivity contribution in [1.82, 2.24) is 9.97 Å². The van der Waals surface area contributed by atoms with Crippen molar-refractivity contribution in [2.45, 2.75) is 57.7 Å². The van der Waals surface area contributed by atoms with Crippen molar-refractivity contribution in [1.29, 1.82) is 0 Å². The van der Waals surface area contributed by atoms with Crippen molar-refractivity contribution in [2.75, 3.05) is 0 Å². The maximum absolute atomic E-state index is 8.25. The molecule has 3 aromatic heterocycles. The van der Waals surface area contributed by atoms with Gasteiger partial charge in [-0.15, -0.1) is 23.3 Å². The number of thiophene rings is 1. The number of pyridine rings is 2. The average molecular weight is 812 g/mol. The van der Waals surface area contributed by atoms with Crippen LogP contribution in [0.2, 0.25) is 17.3 Å². The van der Waals surface area contributed by atoms with E-state index in [1.807, 2.05) is 24.3 Å². The molecule has 0 aliphatic rings. The quantitative estimate of drug-likeness (QED) is 0.128. The van der Waals surface area contributed by atoms with E-state index in [-0.39, 0.29) is 25.7 Å². The van der Waals surface area contributed by atoms with Crippen molar-refractivity contribution in [3.05, 3.63) is 114 Å². The Kier molecular flexibility index (Phi) is 8.84. The molecule has 3 heterocycles. The van der Waals surface area contributed by atoms with Gasteiger partial charge in [0, 0.05) is 36.5 Å². The molecule has 0 saturated carbocycles. The van der Waals surface area contributed by atoms with Gasteiger partial charge >= 0.3 is 106 Å². The van der Waals surface area contributed by atoms with Gasteiger partial charge in [-0.3, -0.25) is 0 Å². The summed E-state index contributed by atoms with van der Waals surface area (Å²) in [5.74, 6) is 7.20. The van der Waals surface area contributed by atoms with E-state index in [2.05, 4.69) is 96.7 Å². The number of hydrogen-bond donors (Lipinski definition) is 0. The predicted octanol–water partition coefficient (Wildman–Crippen LogP) is 9.89. The normalized spacial score (nSPS) is 13.3. The van der Waals surface area contributed by atoms with Crippen LogP contribution in [0, 0.1) is 32.9 Å². The summed E-state index contributed by atoms with van der Waals surface area (Å²) in [5, 5.41) is 2.43. The summed E-state index contributed by atoms with van der Waals surface area (Å²) in [7, 11) is 0. The molecular formula is C37H38GeIrN2S-2. The molecule has 6 rings (SSSR count). The van der Waals surface area contributed by atoms with E-state index < -0.39 is 26.0 Å². The molecule has 1 radical (unpaired) electrons. The van der Waals surface area contributed by atoms with Crippen LogP contribution in [0.25, 0.3) is 42.7 Å². The summed E-state index contributed by atoms with van der Waals surface area (Å²) in [5.41, 5.74) is 7.57. The van der Waals surface area contributed by atoms with Crippen LogP contribution in [-0.2, 0) is 26.5 Å². The maximum Gasteiger partial charge on any atom is 0.0316 e. The van der Waals surface area contributed by atoms with Crippen molar-refractivity contribution in [3.63, 3.8) is 0 Å². The number of aromatic nitrogens is 2. The van der Waals surface area contributed by atoms with Crippen LogP contribution < -0.4 is 4.40 Å². The second kappa shape index (κ2) is 13.8. The molecule has 42 heavy (non-hydrogen) atoms. The van der Waals surface area contributed by atoms with Crippen molar-refractivity contribution in [3.8, 4) is 22.5 Å². The predicted molar refractivity (Wildman–Crippen MR) is 181 cm³/mol. The molecule has 3 aromatic carbocycles. The largest absolute Gasteiger partial charge is 0.305 e. The first-order valence-electron chi connectivity index (χ1n) is 15.8. The van der Waals surface area contributed by atoms with E-state index in [0.717, 1.165) is 27.1 Å². The van der Waals surface area contributed by atoms with E-state index in [1.54, 1.807) is 29.7 Å². The Morgan fingerprint density at radius 3 is 2.36 bits per heavy atom. The van der Waals surface area contributed by atoms with Gasteiger partial charge in [-0.25, -0.2) is 0 Å². The molecule has 0 aliphatic carbocycles. The van der Waals surface area contributed by atoms with Crippen LogP contribution >= 0.6 is 11.3 Å². The fraction of sp³-hybridized carbons (Fsp3) is 0.243. The molecule has 2 nitrogen and oxygen atoms in total. The third-order valence-corrected chi connectivity index (χ3v) is 12.8. The van der Waals surface area contributed by atoms with Gasteiger partial charge in [-0.05, 0) is 46.8 Å². The van der Waals surface area contributed by atoms with Crippen LogP contribution in [0.15, 0.2) is 79.1 Å². The number of nitrogens with zero attached hydrogens (tertiary/aromatic N) is 2. The standard InChI is InChI=1S/C22H20NS.C15H18GeN.Ir/c1-4-6-16-11-12-23-18(13-16)17-10-9-15(3)21-20-14(2)7-5-8-19(20)24-22(17)21;1-12-10-15(13-8-6-5-7-9-13)17-11-14(12)16(2,3)4;/h5,7-9,11-13H,4,6H2,1-3H3;5-8,10-11H,1-4H3;/q2*-1;/i4D2,6D2;;. The molecule has 0 amide bonds. The molecule has 0 N–H and O–H groups in total. The average Bonchev–Trinajstić information content (AvgIpc) is 3.39. The summed E-state index contributed by atoms with van der Waals surface area (Å²) >= 11 is -0.0813. The Hall–Kier alpha value is -2.63. The van der Waals surface area contributed by atoms with Gasteiger partial charge in [0.25, 0.3) is 0 Å². The summed E-state index contributed by atoms with van der Waals surface area (Å²) in [6.45, 7) is 7.65. The van der Waals surface area contributed by atoms with Gasteiger partial charge in [0.1, 0.15) is 0 Å². The van der Waals surface area contributed by atoms with Gasteiger partial charge < -0.3 is 4.98 Å². The van der Waals surface area contributed by atoms with Crippen molar-refractivity contribution in [2.24, 2.45) is 0 Å². The maximum atomic E-state index is 8.25. The number of benzene rings is 3. The van der Waals surface area contributed by atoms with E-state index in [1.165, 1.54) is 37.9 Å². The number of fused-ring (bicyclic) bond motifs is 3. The molecule has 0 atom stereocenters. The van der Waals surface area contributed by atoms with E-state index >= 15 is 0 Å². The monoisotopic (exact) mass is 813 g/mol. The zero-order chi connectivity index (χ0) is 32.7. The van der Waals surface area contributed by atoms with Crippen LogP contribution in [0.4, 0.5) is 0 Å². The second-order valence-electron chi connectivity index (χ2n) is 11.3. The Labute approximate surface area is 277 Å². The minimum Gasteiger partial charge on any atom is -0.305 e.